The van der Waals surface area contributed by atoms with E-state index < -0.39 is 11.8 Å². The molecule has 0 heterocycles. The summed E-state index contributed by atoms with van der Waals surface area (Å²) in [5.74, 6) is 0. The molecule has 7 nitrogen and oxygen atoms in total. The van der Waals surface area contributed by atoms with Gasteiger partial charge in [0.05, 0.1) is 0 Å². The van der Waals surface area contributed by atoms with Crippen molar-refractivity contribution in [3.63, 3.8) is 0 Å². The molecule has 0 fully saturated rings. The van der Waals surface area contributed by atoms with Crippen LogP contribution in [0.2, 0.25) is 0 Å². The van der Waals surface area contributed by atoms with Gasteiger partial charge in [0.15, 0.2) is 0 Å². The second-order valence-corrected chi connectivity index (χ2v) is 5.97. The first-order valence-electron chi connectivity index (χ1n) is 7.78. The Bertz CT molecular complexity index is 286. The quantitative estimate of drug-likeness (QED) is 0.483. The number of unbranched alkanes of at least 4 members (excludes halogenated alkanes) is 6. The molecule has 0 saturated heterocycles. The van der Waals surface area contributed by atoms with Crippen molar-refractivity contribution >= 4 is 12.2 Å². The first-order valence-corrected chi connectivity index (χ1v) is 7.78. The fourth-order valence-electron chi connectivity index (χ4n) is 1.66. The van der Waals surface area contributed by atoms with Gasteiger partial charge in [-0.3, -0.25) is 0 Å². The van der Waals surface area contributed by atoms with Crippen LogP contribution in [-0.2, 0) is 4.74 Å². The second kappa shape index (κ2) is 14.4. The summed E-state index contributed by atoms with van der Waals surface area (Å²) in [6, 6.07) is 0. The van der Waals surface area contributed by atoms with Gasteiger partial charge in [-0.05, 0) is 40.2 Å². The minimum absolute atomic E-state index is 0.314. The fourth-order valence-corrected chi connectivity index (χ4v) is 1.66. The maximum absolute atomic E-state index is 11.3. The van der Waals surface area contributed by atoms with Crippen LogP contribution in [0.4, 0.5) is 9.59 Å². The lowest BCUT2D eigenvalue weighted by Gasteiger charge is -2.19. The van der Waals surface area contributed by atoms with Crippen LogP contribution in [0.5, 0.6) is 0 Å². The van der Waals surface area contributed by atoms with Gasteiger partial charge in [-0.25, -0.2) is 9.59 Å². The Kier molecular flexibility index (Phi) is 14.9. The third kappa shape index (κ3) is 26.9. The number of hydrogen-bond acceptors (Lipinski definition) is 4. The van der Waals surface area contributed by atoms with Crippen LogP contribution in [0.25, 0.3) is 0 Å². The zero-order valence-corrected chi connectivity index (χ0v) is 14.1. The van der Waals surface area contributed by atoms with Gasteiger partial charge in [-0.15, -0.1) is 0 Å². The molecule has 22 heavy (non-hydrogen) atoms. The van der Waals surface area contributed by atoms with Gasteiger partial charge in [0.1, 0.15) is 5.60 Å². The summed E-state index contributed by atoms with van der Waals surface area (Å²) in [6.45, 7) is 7.12. The Morgan fingerprint density at radius 3 is 1.77 bits per heavy atom. The number of carbonyl (C=O) groups excluding carboxylic acids is 1. The summed E-state index contributed by atoms with van der Waals surface area (Å²) in [7, 11) is 0. The van der Waals surface area contributed by atoms with Crippen LogP contribution in [0.15, 0.2) is 0 Å². The van der Waals surface area contributed by atoms with Gasteiger partial charge in [0.25, 0.3) is 0 Å². The molecule has 0 aliphatic carbocycles. The highest BCUT2D eigenvalue weighted by atomic mass is 16.6. The predicted molar refractivity (Wildman–Crippen MR) is 86.3 cm³/mol. The van der Waals surface area contributed by atoms with Gasteiger partial charge in [-0.1, -0.05) is 32.1 Å². The highest BCUT2D eigenvalue weighted by Gasteiger charge is 2.15. The Hall–Kier alpha value is -1.50. The summed E-state index contributed by atoms with van der Waals surface area (Å²) in [6.07, 6.45) is 6.20. The van der Waals surface area contributed by atoms with Crippen molar-refractivity contribution in [2.45, 2.75) is 71.3 Å². The van der Waals surface area contributed by atoms with Crippen LogP contribution in [0.1, 0.15) is 65.7 Å². The Balaban J connectivity index is 0. The van der Waals surface area contributed by atoms with Crippen LogP contribution in [-0.4, -0.2) is 41.2 Å². The lowest BCUT2D eigenvalue weighted by atomic mass is 10.1. The zero-order chi connectivity index (χ0) is 17.4. The molecule has 0 radical (unpaired) electrons. The topological polar surface area (TPSA) is 122 Å². The van der Waals surface area contributed by atoms with E-state index >= 15 is 0 Å². The molecule has 0 aliphatic rings. The highest BCUT2D eigenvalue weighted by Crippen LogP contribution is 2.07. The van der Waals surface area contributed by atoms with E-state index in [4.69, 9.17) is 25.5 Å². The van der Waals surface area contributed by atoms with Crippen LogP contribution in [0.3, 0.4) is 0 Å². The monoisotopic (exact) mass is 320 g/mol. The minimum Gasteiger partial charge on any atom is -0.450 e. The van der Waals surface area contributed by atoms with Crippen molar-refractivity contribution in [1.82, 2.24) is 5.32 Å². The van der Waals surface area contributed by atoms with E-state index in [0.717, 1.165) is 19.4 Å². The minimum atomic E-state index is -1.83. The summed E-state index contributed by atoms with van der Waals surface area (Å²) in [5.41, 5.74) is 5.02. The van der Waals surface area contributed by atoms with Crippen LogP contribution in [0, 0.1) is 0 Å². The third-order valence-corrected chi connectivity index (χ3v) is 2.55. The SMILES string of the molecule is CC(C)(C)OC(=O)NCCCCCCCCCN.O=C(O)O. The highest BCUT2D eigenvalue weighted by molar-refractivity contribution is 5.67. The first-order chi connectivity index (χ1) is 10.2. The van der Waals surface area contributed by atoms with E-state index in [2.05, 4.69) is 5.32 Å². The van der Waals surface area contributed by atoms with E-state index in [1.807, 2.05) is 20.8 Å². The van der Waals surface area contributed by atoms with E-state index in [-0.39, 0.29) is 6.09 Å². The van der Waals surface area contributed by atoms with Crippen molar-refractivity contribution in [2.75, 3.05) is 13.1 Å². The molecule has 1 amide bonds. The lowest BCUT2D eigenvalue weighted by Crippen LogP contribution is -2.32. The molecule has 7 heteroatoms. The van der Waals surface area contributed by atoms with E-state index in [1.165, 1.54) is 32.1 Å². The molecular weight excluding hydrogens is 288 g/mol. The van der Waals surface area contributed by atoms with Gasteiger partial charge >= 0.3 is 12.2 Å². The van der Waals surface area contributed by atoms with Crippen molar-refractivity contribution in [1.29, 1.82) is 0 Å². The molecule has 0 aromatic rings. The number of nitrogens with two attached hydrogens (primary N) is 1. The van der Waals surface area contributed by atoms with Gasteiger partial charge < -0.3 is 26.0 Å². The lowest BCUT2D eigenvalue weighted by molar-refractivity contribution is 0.0526. The fraction of sp³-hybridized carbons (Fsp3) is 0.867. The van der Waals surface area contributed by atoms with E-state index in [0.29, 0.717) is 6.54 Å². The molecule has 0 atom stereocenters. The van der Waals surface area contributed by atoms with Gasteiger partial charge in [-0.2, -0.15) is 0 Å². The second-order valence-electron chi connectivity index (χ2n) is 5.97. The smallest absolute Gasteiger partial charge is 0.450 e. The molecule has 0 spiro atoms. The molecule has 0 unspecified atom stereocenters. The number of carbonyl (C=O) groups is 2. The third-order valence-electron chi connectivity index (χ3n) is 2.55. The summed E-state index contributed by atoms with van der Waals surface area (Å²) < 4.78 is 5.15. The molecule has 0 aromatic carbocycles. The van der Waals surface area contributed by atoms with Crippen molar-refractivity contribution in [2.24, 2.45) is 5.73 Å². The van der Waals surface area contributed by atoms with Crippen molar-refractivity contribution in [3.8, 4) is 0 Å². The van der Waals surface area contributed by atoms with Crippen LogP contribution < -0.4 is 11.1 Å². The Morgan fingerprint density at radius 1 is 0.955 bits per heavy atom. The van der Waals surface area contributed by atoms with Crippen molar-refractivity contribution in [3.05, 3.63) is 0 Å². The number of ether oxygens (including phenoxy) is 1. The summed E-state index contributed by atoms with van der Waals surface area (Å²) in [4.78, 5) is 19.9. The Labute approximate surface area is 133 Å². The number of amides is 1. The van der Waals surface area contributed by atoms with E-state index in [1.54, 1.807) is 0 Å². The predicted octanol–water partition coefficient (Wildman–Crippen LogP) is 3.42. The van der Waals surface area contributed by atoms with E-state index in [9.17, 15) is 4.79 Å². The van der Waals surface area contributed by atoms with Crippen LogP contribution >= 0.6 is 0 Å². The molecule has 132 valence electrons. The number of alkyl carbamates (subject to hydrolysis) is 1. The molecule has 0 rings (SSSR count). The van der Waals surface area contributed by atoms with Crippen molar-refractivity contribution < 1.29 is 24.5 Å². The Morgan fingerprint density at radius 2 is 1.36 bits per heavy atom. The summed E-state index contributed by atoms with van der Waals surface area (Å²) >= 11 is 0. The maximum Gasteiger partial charge on any atom is 0.503 e. The summed E-state index contributed by atoms with van der Waals surface area (Å²) in [5, 5.41) is 16.7. The average molecular weight is 320 g/mol. The maximum atomic E-state index is 11.3. The van der Waals surface area contributed by atoms with Gasteiger partial charge in [0, 0.05) is 6.54 Å². The average Bonchev–Trinajstić information content (AvgIpc) is 2.34. The number of hydrogen-bond donors (Lipinski definition) is 4. The number of nitrogens with one attached hydrogen (secondary N) is 1. The van der Waals surface area contributed by atoms with Gasteiger partial charge in [0.2, 0.25) is 0 Å². The number of carboxylic acid groups (broad SMARTS) is 2. The molecule has 0 aliphatic heterocycles. The number of rotatable bonds is 9. The molecule has 0 bridgehead atoms. The molecule has 0 aromatic heterocycles. The largest absolute Gasteiger partial charge is 0.503 e. The normalized spacial score (nSPS) is 10.4. The molecule has 0 saturated carbocycles. The molecule has 5 N–H and O–H groups in total. The zero-order valence-electron chi connectivity index (χ0n) is 14.1. The molecular formula is C15H32N2O5. The standard InChI is InChI=1S/C14H30N2O2.CH2O3/c1-14(2,3)18-13(17)16-12-10-8-6-4-5-7-9-11-15;2-1(3)4/h4-12,15H2,1-3H3,(H,16,17);(H2,2,3,4). The first kappa shape index (κ1) is 22.8.